The molecule has 3 heterocycles. The summed E-state index contributed by atoms with van der Waals surface area (Å²) in [4.78, 5) is 21.1. The van der Waals surface area contributed by atoms with Crippen molar-refractivity contribution >= 4 is 6.03 Å². The van der Waals surface area contributed by atoms with Gasteiger partial charge in [0, 0.05) is 38.6 Å². The molecular formula is C19H30N4O. The van der Waals surface area contributed by atoms with Crippen LogP contribution in [-0.4, -0.2) is 53.5 Å². The summed E-state index contributed by atoms with van der Waals surface area (Å²) in [7, 11) is 0. The van der Waals surface area contributed by atoms with Crippen LogP contribution in [0.15, 0.2) is 24.5 Å². The maximum Gasteiger partial charge on any atom is 0.317 e. The SMILES string of the molecule is CC1CCN(CC2CCCN(C(=O)NCc3cccnc3)C2)CC1. The number of piperidine rings is 2. The molecule has 1 atom stereocenters. The van der Waals surface area contributed by atoms with Gasteiger partial charge in [-0.05, 0) is 62.2 Å². The fourth-order valence-electron chi connectivity index (χ4n) is 3.80. The Morgan fingerprint density at radius 1 is 1.29 bits per heavy atom. The van der Waals surface area contributed by atoms with Gasteiger partial charge in [-0.2, -0.15) is 0 Å². The number of hydrogen-bond acceptors (Lipinski definition) is 3. The van der Waals surface area contributed by atoms with Gasteiger partial charge in [0.05, 0.1) is 0 Å². The zero-order valence-corrected chi connectivity index (χ0v) is 14.8. The van der Waals surface area contributed by atoms with E-state index in [1.54, 1.807) is 12.4 Å². The van der Waals surface area contributed by atoms with Crippen LogP contribution in [0.5, 0.6) is 0 Å². The number of hydrogen-bond donors (Lipinski definition) is 1. The molecule has 2 aliphatic rings. The van der Waals surface area contributed by atoms with Gasteiger partial charge < -0.3 is 15.1 Å². The van der Waals surface area contributed by atoms with Gasteiger partial charge in [0.1, 0.15) is 0 Å². The molecule has 1 aromatic rings. The Morgan fingerprint density at radius 3 is 2.88 bits per heavy atom. The Kier molecular flexibility index (Phi) is 6.07. The summed E-state index contributed by atoms with van der Waals surface area (Å²) < 4.78 is 0. The van der Waals surface area contributed by atoms with Crippen LogP contribution in [0.2, 0.25) is 0 Å². The maximum absolute atomic E-state index is 12.4. The van der Waals surface area contributed by atoms with Crippen LogP contribution < -0.4 is 5.32 Å². The molecule has 1 unspecified atom stereocenters. The Bertz CT molecular complexity index is 513. The van der Waals surface area contributed by atoms with E-state index in [0.29, 0.717) is 12.5 Å². The second-order valence-electron chi connectivity index (χ2n) is 7.46. The van der Waals surface area contributed by atoms with Crippen molar-refractivity contribution in [1.82, 2.24) is 20.1 Å². The average molecular weight is 330 g/mol. The van der Waals surface area contributed by atoms with Gasteiger partial charge in [0.15, 0.2) is 0 Å². The first-order valence-corrected chi connectivity index (χ1v) is 9.34. The lowest BCUT2D eigenvalue weighted by atomic mass is 9.94. The number of likely N-dealkylation sites (tertiary alicyclic amines) is 2. The van der Waals surface area contributed by atoms with E-state index in [2.05, 4.69) is 22.1 Å². The van der Waals surface area contributed by atoms with Crippen LogP contribution in [0, 0.1) is 11.8 Å². The number of nitrogens with one attached hydrogen (secondary N) is 1. The molecule has 3 rings (SSSR count). The number of carbonyl (C=O) groups excluding carboxylic acids is 1. The lowest BCUT2D eigenvalue weighted by Crippen LogP contribution is -2.48. The van der Waals surface area contributed by atoms with E-state index < -0.39 is 0 Å². The number of aromatic nitrogens is 1. The van der Waals surface area contributed by atoms with Gasteiger partial charge in [-0.1, -0.05) is 13.0 Å². The van der Waals surface area contributed by atoms with E-state index in [1.807, 2.05) is 17.0 Å². The summed E-state index contributed by atoms with van der Waals surface area (Å²) in [5, 5.41) is 3.03. The topological polar surface area (TPSA) is 48.5 Å². The highest BCUT2D eigenvalue weighted by atomic mass is 16.2. The van der Waals surface area contributed by atoms with Crippen LogP contribution in [-0.2, 0) is 6.54 Å². The molecular weight excluding hydrogens is 300 g/mol. The summed E-state index contributed by atoms with van der Waals surface area (Å²) in [5.41, 5.74) is 1.04. The van der Waals surface area contributed by atoms with Gasteiger partial charge in [-0.25, -0.2) is 4.79 Å². The lowest BCUT2D eigenvalue weighted by Gasteiger charge is -2.37. The Morgan fingerprint density at radius 2 is 2.12 bits per heavy atom. The molecule has 2 saturated heterocycles. The summed E-state index contributed by atoms with van der Waals surface area (Å²) in [6.45, 7) is 8.29. The zero-order chi connectivity index (χ0) is 16.8. The smallest absolute Gasteiger partial charge is 0.317 e. The fraction of sp³-hybridized carbons (Fsp3) is 0.684. The highest BCUT2D eigenvalue weighted by molar-refractivity contribution is 5.74. The summed E-state index contributed by atoms with van der Waals surface area (Å²) in [6, 6.07) is 3.96. The monoisotopic (exact) mass is 330 g/mol. The van der Waals surface area contributed by atoms with Crippen molar-refractivity contribution in [3.05, 3.63) is 30.1 Å². The average Bonchev–Trinajstić information content (AvgIpc) is 2.63. The second kappa shape index (κ2) is 8.47. The first-order chi connectivity index (χ1) is 11.7. The molecule has 24 heavy (non-hydrogen) atoms. The molecule has 2 aliphatic heterocycles. The zero-order valence-electron chi connectivity index (χ0n) is 14.8. The molecule has 132 valence electrons. The molecule has 1 N–H and O–H groups in total. The number of carbonyl (C=O) groups is 1. The number of amides is 2. The quantitative estimate of drug-likeness (QED) is 0.923. The largest absolute Gasteiger partial charge is 0.334 e. The number of pyridine rings is 1. The predicted molar refractivity (Wildman–Crippen MR) is 95.6 cm³/mol. The molecule has 0 bridgehead atoms. The maximum atomic E-state index is 12.4. The van der Waals surface area contributed by atoms with Crippen molar-refractivity contribution in [3.8, 4) is 0 Å². The fourth-order valence-corrected chi connectivity index (χ4v) is 3.80. The second-order valence-corrected chi connectivity index (χ2v) is 7.46. The molecule has 0 saturated carbocycles. The molecule has 1 aromatic heterocycles. The molecule has 0 radical (unpaired) electrons. The van der Waals surface area contributed by atoms with Crippen LogP contribution in [0.3, 0.4) is 0 Å². The van der Waals surface area contributed by atoms with Gasteiger partial charge in [-0.15, -0.1) is 0 Å². The number of urea groups is 1. The van der Waals surface area contributed by atoms with Crippen LogP contribution in [0.25, 0.3) is 0 Å². The summed E-state index contributed by atoms with van der Waals surface area (Å²) in [5.74, 6) is 1.50. The molecule has 2 fully saturated rings. The van der Waals surface area contributed by atoms with Crippen molar-refractivity contribution in [2.45, 2.75) is 39.2 Å². The Balaban J connectivity index is 1.43. The van der Waals surface area contributed by atoms with Crippen molar-refractivity contribution in [2.75, 3.05) is 32.7 Å². The first kappa shape index (κ1) is 17.2. The number of rotatable bonds is 4. The summed E-state index contributed by atoms with van der Waals surface area (Å²) in [6.07, 6.45) is 8.57. The molecule has 0 aliphatic carbocycles. The Labute approximate surface area is 145 Å². The molecule has 0 aromatic carbocycles. The van der Waals surface area contributed by atoms with Crippen molar-refractivity contribution in [1.29, 1.82) is 0 Å². The molecule has 2 amide bonds. The van der Waals surface area contributed by atoms with Gasteiger partial charge >= 0.3 is 6.03 Å². The minimum Gasteiger partial charge on any atom is -0.334 e. The van der Waals surface area contributed by atoms with Crippen molar-refractivity contribution < 1.29 is 4.79 Å². The van der Waals surface area contributed by atoms with E-state index in [0.717, 1.165) is 37.5 Å². The van der Waals surface area contributed by atoms with Crippen LogP contribution in [0.4, 0.5) is 4.79 Å². The lowest BCUT2D eigenvalue weighted by molar-refractivity contribution is 0.120. The Hall–Kier alpha value is -1.62. The van der Waals surface area contributed by atoms with Crippen LogP contribution in [0.1, 0.15) is 38.2 Å². The van der Waals surface area contributed by atoms with Crippen LogP contribution >= 0.6 is 0 Å². The minimum absolute atomic E-state index is 0.0656. The number of nitrogens with zero attached hydrogens (tertiary/aromatic N) is 3. The highest BCUT2D eigenvalue weighted by Gasteiger charge is 2.26. The molecule has 5 nitrogen and oxygen atoms in total. The van der Waals surface area contributed by atoms with E-state index in [1.165, 1.54) is 32.4 Å². The third-order valence-corrected chi connectivity index (χ3v) is 5.37. The van der Waals surface area contributed by atoms with Gasteiger partial charge in [0.25, 0.3) is 0 Å². The van der Waals surface area contributed by atoms with Gasteiger partial charge in [-0.3, -0.25) is 4.98 Å². The molecule has 0 spiro atoms. The normalized spacial score (nSPS) is 23.2. The van der Waals surface area contributed by atoms with E-state index >= 15 is 0 Å². The first-order valence-electron chi connectivity index (χ1n) is 9.34. The van der Waals surface area contributed by atoms with E-state index in [9.17, 15) is 4.79 Å². The molecule has 5 heteroatoms. The predicted octanol–water partition coefficient (Wildman–Crippen LogP) is 2.74. The third-order valence-electron chi connectivity index (χ3n) is 5.37. The third kappa shape index (κ3) is 4.94. The standard InChI is InChI=1S/C19H30N4O/c1-16-6-10-22(11-7-16)14-18-5-3-9-23(15-18)19(24)21-13-17-4-2-8-20-12-17/h2,4,8,12,16,18H,3,5-7,9-11,13-15H2,1H3,(H,21,24). The minimum atomic E-state index is 0.0656. The summed E-state index contributed by atoms with van der Waals surface area (Å²) >= 11 is 0. The van der Waals surface area contributed by atoms with E-state index in [-0.39, 0.29) is 6.03 Å². The highest BCUT2D eigenvalue weighted by Crippen LogP contribution is 2.21. The van der Waals surface area contributed by atoms with Gasteiger partial charge in [0.2, 0.25) is 0 Å². The van der Waals surface area contributed by atoms with Crippen molar-refractivity contribution in [3.63, 3.8) is 0 Å². The van der Waals surface area contributed by atoms with E-state index in [4.69, 9.17) is 0 Å². The van der Waals surface area contributed by atoms with Crippen molar-refractivity contribution in [2.24, 2.45) is 11.8 Å².